The average molecular weight is 389 g/mol. The molecule has 0 bridgehead atoms. The van der Waals surface area contributed by atoms with Crippen LogP contribution in [0.25, 0.3) is 11.3 Å². The van der Waals surface area contributed by atoms with Gasteiger partial charge in [-0.25, -0.2) is 13.4 Å². The standard InChI is InChI=1S/C19H20N2O3S2/c1-12-10-19(13(2)9-18(12)24-4)26(22,23)21-16-7-5-15(6-8-16)17-11-25-14(3)20-17/h5-11,21H,1-4H3. The van der Waals surface area contributed by atoms with E-state index in [4.69, 9.17) is 4.74 Å². The maximum absolute atomic E-state index is 12.8. The number of benzene rings is 2. The van der Waals surface area contributed by atoms with Gasteiger partial charge in [0.1, 0.15) is 5.75 Å². The summed E-state index contributed by atoms with van der Waals surface area (Å²) in [6, 6.07) is 10.6. The van der Waals surface area contributed by atoms with Gasteiger partial charge in [-0.05, 0) is 56.2 Å². The minimum absolute atomic E-state index is 0.245. The van der Waals surface area contributed by atoms with Crippen LogP contribution >= 0.6 is 11.3 Å². The second kappa shape index (κ2) is 7.09. The molecule has 26 heavy (non-hydrogen) atoms. The Morgan fingerprint density at radius 3 is 2.31 bits per heavy atom. The van der Waals surface area contributed by atoms with Gasteiger partial charge >= 0.3 is 0 Å². The fourth-order valence-corrected chi connectivity index (χ4v) is 4.68. The molecule has 0 aliphatic carbocycles. The summed E-state index contributed by atoms with van der Waals surface area (Å²) in [7, 11) is -2.11. The Kier molecular flexibility index (Phi) is 5.02. The topological polar surface area (TPSA) is 68.3 Å². The predicted molar refractivity (Wildman–Crippen MR) is 106 cm³/mol. The Morgan fingerprint density at radius 1 is 1.04 bits per heavy atom. The summed E-state index contributed by atoms with van der Waals surface area (Å²) in [6.45, 7) is 5.53. The Labute approximate surface area is 157 Å². The lowest BCUT2D eigenvalue weighted by Gasteiger charge is -2.13. The van der Waals surface area contributed by atoms with Gasteiger partial charge in [0.15, 0.2) is 0 Å². The molecule has 0 saturated heterocycles. The molecule has 0 aliphatic rings. The van der Waals surface area contributed by atoms with Crippen LogP contribution in [0.1, 0.15) is 16.1 Å². The van der Waals surface area contributed by atoms with Crippen LogP contribution in [0, 0.1) is 20.8 Å². The number of aryl methyl sites for hydroxylation is 3. The second-order valence-corrected chi connectivity index (χ2v) is 8.73. The summed E-state index contributed by atoms with van der Waals surface area (Å²) >= 11 is 1.58. The Bertz CT molecular complexity index is 1040. The number of aromatic nitrogens is 1. The first-order valence-corrected chi connectivity index (χ1v) is 10.4. The van der Waals surface area contributed by atoms with E-state index in [0.717, 1.165) is 21.8 Å². The second-order valence-electron chi connectivity index (χ2n) is 6.02. The van der Waals surface area contributed by atoms with E-state index in [-0.39, 0.29) is 4.90 Å². The van der Waals surface area contributed by atoms with Gasteiger partial charge in [0.2, 0.25) is 0 Å². The van der Waals surface area contributed by atoms with Crippen molar-refractivity contribution in [3.63, 3.8) is 0 Å². The lowest BCUT2D eigenvalue weighted by atomic mass is 10.1. The molecule has 0 fully saturated rings. The lowest BCUT2D eigenvalue weighted by molar-refractivity contribution is 0.411. The van der Waals surface area contributed by atoms with Crippen molar-refractivity contribution in [2.75, 3.05) is 11.8 Å². The summed E-state index contributed by atoms with van der Waals surface area (Å²) in [5.74, 6) is 0.671. The summed E-state index contributed by atoms with van der Waals surface area (Å²) in [4.78, 5) is 4.68. The SMILES string of the molecule is COc1cc(C)c(S(=O)(=O)Nc2ccc(-c3csc(C)n3)cc2)cc1C. The number of nitrogens with one attached hydrogen (secondary N) is 1. The average Bonchev–Trinajstić information content (AvgIpc) is 3.03. The molecular weight excluding hydrogens is 368 g/mol. The van der Waals surface area contributed by atoms with E-state index in [1.54, 1.807) is 49.6 Å². The fourth-order valence-electron chi connectivity index (χ4n) is 2.69. The highest BCUT2D eigenvalue weighted by molar-refractivity contribution is 7.92. The van der Waals surface area contributed by atoms with Crippen LogP contribution < -0.4 is 9.46 Å². The van der Waals surface area contributed by atoms with Gasteiger partial charge in [-0.3, -0.25) is 4.72 Å². The number of rotatable bonds is 5. The molecule has 1 aromatic heterocycles. The van der Waals surface area contributed by atoms with Crippen LogP contribution in [0.2, 0.25) is 0 Å². The monoisotopic (exact) mass is 388 g/mol. The van der Waals surface area contributed by atoms with Crippen LogP contribution in [-0.4, -0.2) is 20.5 Å². The highest BCUT2D eigenvalue weighted by atomic mass is 32.2. The van der Waals surface area contributed by atoms with Crippen molar-refractivity contribution in [3.8, 4) is 17.0 Å². The number of nitrogens with zero attached hydrogens (tertiary/aromatic N) is 1. The van der Waals surface area contributed by atoms with Gasteiger partial charge in [0.05, 0.1) is 22.7 Å². The zero-order valence-corrected chi connectivity index (χ0v) is 16.7. The Hall–Kier alpha value is -2.38. The number of thiazole rings is 1. The highest BCUT2D eigenvalue weighted by Gasteiger charge is 2.19. The van der Waals surface area contributed by atoms with Gasteiger partial charge in [-0.15, -0.1) is 11.3 Å². The first-order chi connectivity index (χ1) is 12.3. The minimum atomic E-state index is -3.68. The quantitative estimate of drug-likeness (QED) is 0.696. The summed E-state index contributed by atoms with van der Waals surface area (Å²) in [5.41, 5.74) is 3.76. The van der Waals surface area contributed by atoms with E-state index in [0.29, 0.717) is 17.0 Å². The minimum Gasteiger partial charge on any atom is -0.496 e. The van der Waals surface area contributed by atoms with Crippen molar-refractivity contribution in [1.29, 1.82) is 0 Å². The molecular formula is C19H20N2O3S2. The van der Waals surface area contributed by atoms with Gasteiger partial charge in [-0.2, -0.15) is 0 Å². The normalized spacial score (nSPS) is 11.4. The Morgan fingerprint density at radius 2 is 1.73 bits per heavy atom. The van der Waals surface area contributed by atoms with Gasteiger partial charge in [0, 0.05) is 16.6 Å². The number of anilines is 1. The summed E-state index contributed by atoms with van der Waals surface area (Å²) in [5, 5.41) is 2.98. The molecule has 0 spiro atoms. The van der Waals surface area contributed by atoms with Crippen molar-refractivity contribution in [1.82, 2.24) is 4.98 Å². The zero-order valence-electron chi connectivity index (χ0n) is 15.0. The molecule has 1 N–H and O–H groups in total. The molecule has 0 aliphatic heterocycles. The third kappa shape index (κ3) is 3.73. The maximum atomic E-state index is 12.8. The molecule has 3 aromatic rings. The lowest BCUT2D eigenvalue weighted by Crippen LogP contribution is -2.14. The van der Waals surface area contributed by atoms with E-state index < -0.39 is 10.0 Å². The third-order valence-electron chi connectivity index (χ3n) is 4.03. The molecule has 2 aromatic carbocycles. The van der Waals surface area contributed by atoms with Crippen LogP contribution in [0.15, 0.2) is 46.7 Å². The molecule has 136 valence electrons. The molecule has 0 saturated carbocycles. The zero-order chi connectivity index (χ0) is 18.9. The van der Waals surface area contributed by atoms with Crippen LogP contribution in [-0.2, 0) is 10.0 Å². The number of hydrogen-bond acceptors (Lipinski definition) is 5. The molecule has 0 unspecified atom stereocenters. The molecule has 0 atom stereocenters. The van der Waals surface area contributed by atoms with E-state index in [2.05, 4.69) is 9.71 Å². The molecule has 7 heteroatoms. The van der Waals surface area contributed by atoms with Crippen molar-refractivity contribution in [2.45, 2.75) is 25.7 Å². The van der Waals surface area contributed by atoms with E-state index in [1.807, 2.05) is 31.4 Å². The van der Waals surface area contributed by atoms with Crippen molar-refractivity contribution >= 4 is 27.0 Å². The van der Waals surface area contributed by atoms with Gasteiger partial charge in [-0.1, -0.05) is 12.1 Å². The van der Waals surface area contributed by atoms with Crippen molar-refractivity contribution in [2.24, 2.45) is 0 Å². The molecule has 1 heterocycles. The van der Waals surface area contributed by atoms with Gasteiger partial charge < -0.3 is 4.74 Å². The smallest absolute Gasteiger partial charge is 0.262 e. The van der Waals surface area contributed by atoms with Gasteiger partial charge in [0.25, 0.3) is 10.0 Å². The molecule has 0 amide bonds. The number of ether oxygens (including phenoxy) is 1. The summed E-state index contributed by atoms with van der Waals surface area (Å²) < 4.78 is 33.4. The third-order valence-corrected chi connectivity index (χ3v) is 6.33. The van der Waals surface area contributed by atoms with E-state index in [9.17, 15) is 8.42 Å². The van der Waals surface area contributed by atoms with Crippen LogP contribution in [0.4, 0.5) is 5.69 Å². The predicted octanol–water partition coefficient (Wildman–Crippen LogP) is 4.54. The highest BCUT2D eigenvalue weighted by Crippen LogP contribution is 2.28. The van der Waals surface area contributed by atoms with Crippen LogP contribution in [0.3, 0.4) is 0 Å². The fraction of sp³-hybridized carbons (Fsp3) is 0.211. The number of hydrogen-bond donors (Lipinski definition) is 1. The maximum Gasteiger partial charge on any atom is 0.262 e. The number of methoxy groups -OCH3 is 1. The molecule has 3 rings (SSSR count). The largest absolute Gasteiger partial charge is 0.496 e. The first kappa shape index (κ1) is 18.4. The van der Waals surface area contributed by atoms with Crippen molar-refractivity contribution < 1.29 is 13.2 Å². The van der Waals surface area contributed by atoms with E-state index >= 15 is 0 Å². The summed E-state index contributed by atoms with van der Waals surface area (Å²) in [6.07, 6.45) is 0. The molecule has 0 radical (unpaired) electrons. The molecule has 5 nitrogen and oxygen atoms in total. The van der Waals surface area contributed by atoms with Crippen LogP contribution in [0.5, 0.6) is 5.75 Å². The number of sulfonamides is 1. The van der Waals surface area contributed by atoms with Crippen molar-refractivity contribution in [3.05, 3.63) is 57.9 Å². The first-order valence-electron chi connectivity index (χ1n) is 8.01. The Balaban J connectivity index is 1.87. The van der Waals surface area contributed by atoms with E-state index in [1.165, 1.54) is 0 Å².